The zero-order valence-corrected chi connectivity index (χ0v) is 16.0. The van der Waals surface area contributed by atoms with Crippen molar-refractivity contribution in [2.45, 2.75) is 36.9 Å². The number of rotatable bonds is 13. The number of amides is 2. The van der Waals surface area contributed by atoms with Gasteiger partial charge in [-0.05, 0) is 12.8 Å². The smallest absolute Gasteiger partial charge is 0.340 e. The first-order valence-corrected chi connectivity index (χ1v) is 8.63. The molecular formula is C15H27N7O8. The van der Waals surface area contributed by atoms with Gasteiger partial charge in [0.05, 0.1) is 31.7 Å². The molecule has 0 aliphatic rings. The first kappa shape index (κ1) is 26.9. The molecule has 13 N–H and O–H groups in total. The third-order valence-corrected chi connectivity index (χ3v) is 4.07. The minimum absolute atomic E-state index is 0.114. The van der Waals surface area contributed by atoms with Crippen LogP contribution < -0.4 is 28.3 Å². The average Bonchev–Trinajstić information content (AvgIpc) is 2.66. The zero-order valence-electron chi connectivity index (χ0n) is 16.0. The SMILES string of the molecule is N=C(N)NCCCC(N)C(=O)C(CO)(C(=O)O)N(C(=O)CN)C(=O)C(N)CC(=O)O. The highest BCUT2D eigenvalue weighted by molar-refractivity contribution is 6.17. The summed E-state index contributed by atoms with van der Waals surface area (Å²) in [4.78, 5) is 60.4. The number of aliphatic carboxylic acids is 2. The zero-order chi connectivity index (χ0) is 23.6. The molecule has 0 rings (SSSR count). The second kappa shape index (κ2) is 11.8. The Morgan fingerprint density at radius 2 is 1.67 bits per heavy atom. The van der Waals surface area contributed by atoms with Gasteiger partial charge in [-0.15, -0.1) is 0 Å². The van der Waals surface area contributed by atoms with Crippen molar-refractivity contribution in [3.8, 4) is 0 Å². The summed E-state index contributed by atoms with van der Waals surface area (Å²) in [5, 5.41) is 37.7. The van der Waals surface area contributed by atoms with E-state index in [1.165, 1.54) is 0 Å². The average molecular weight is 433 g/mol. The maximum absolute atomic E-state index is 12.9. The molecule has 0 heterocycles. The number of carboxylic acids is 2. The van der Waals surface area contributed by atoms with E-state index in [9.17, 15) is 34.2 Å². The first-order chi connectivity index (χ1) is 13.9. The Morgan fingerprint density at radius 1 is 1.10 bits per heavy atom. The third-order valence-electron chi connectivity index (χ3n) is 4.07. The van der Waals surface area contributed by atoms with Crippen molar-refractivity contribution in [1.82, 2.24) is 10.2 Å². The lowest BCUT2D eigenvalue weighted by molar-refractivity contribution is -0.174. The van der Waals surface area contributed by atoms with E-state index < -0.39 is 66.7 Å². The summed E-state index contributed by atoms with van der Waals surface area (Å²) in [6, 6.07) is -3.45. The Bertz CT molecular complexity index is 700. The van der Waals surface area contributed by atoms with Gasteiger partial charge in [0.25, 0.3) is 0 Å². The number of hydrogen-bond donors (Lipinski definition) is 9. The van der Waals surface area contributed by atoms with Crippen LogP contribution in [0.3, 0.4) is 0 Å². The van der Waals surface area contributed by atoms with E-state index >= 15 is 0 Å². The fraction of sp³-hybridized carbons (Fsp3) is 0.600. The lowest BCUT2D eigenvalue weighted by Gasteiger charge is -2.38. The number of carbonyl (C=O) groups is 5. The number of aliphatic hydroxyl groups is 1. The molecule has 0 aliphatic heterocycles. The number of nitrogens with zero attached hydrogens (tertiary/aromatic N) is 1. The monoisotopic (exact) mass is 433 g/mol. The van der Waals surface area contributed by atoms with Crippen molar-refractivity contribution < 1.29 is 39.3 Å². The van der Waals surface area contributed by atoms with Crippen LogP contribution in [0.4, 0.5) is 0 Å². The van der Waals surface area contributed by atoms with Crippen molar-refractivity contribution in [2.24, 2.45) is 22.9 Å². The quantitative estimate of drug-likeness (QED) is 0.0570. The molecule has 170 valence electrons. The van der Waals surface area contributed by atoms with Crippen molar-refractivity contribution in [1.29, 1.82) is 5.41 Å². The summed E-state index contributed by atoms with van der Waals surface area (Å²) in [6.45, 7) is -2.37. The van der Waals surface area contributed by atoms with Crippen LogP contribution in [0.1, 0.15) is 19.3 Å². The molecule has 0 aromatic heterocycles. The van der Waals surface area contributed by atoms with Crippen molar-refractivity contribution in [3.63, 3.8) is 0 Å². The lowest BCUT2D eigenvalue weighted by atomic mass is 9.85. The van der Waals surface area contributed by atoms with Gasteiger partial charge in [-0.1, -0.05) is 0 Å². The molecule has 0 fully saturated rings. The van der Waals surface area contributed by atoms with Gasteiger partial charge in [0.2, 0.25) is 17.4 Å². The van der Waals surface area contributed by atoms with Crippen LogP contribution >= 0.6 is 0 Å². The molecule has 3 unspecified atom stereocenters. The van der Waals surface area contributed by atoms with Crippen molar-refractivity contribution >= 4 is 35.5 Å². The summed E-state index contributed by atoms with van der Waals surface area (Å²) in [6.07, 6.45) is -0.996. The summed E-state index contributed by atoms with van der Waals surface area (Å²) >= 11 is 0. The van der Waals surface area contributed by atoms with E-state index in [4.69, 9.17) is 33.5 Å². The summed E-state index contributed by atoms with van der Waals surface area (Å²) in [5.41, 5.74) is 18.3. The van der Waals surface area contributed by atoms with Gasteiger partial charge in [-0.2, -0.15) is 0 Å². The molecule has 15 nitrogen and oxygen atoms in total. The number of hydrogen-bond acceptors (Lipinski definition) is 10. The van der Waals surface area contributed by atoms with E-state index in [2.05, 4.69) is 5.32 Å². The largest absolute Gasteiger partial charge is 0.481 e. The Balaban J connectivity index is 6.05. The molecule has 15 heteroatoms. The molecule has 0 saturated heterocycles. The van der Waals surface area contributed by atoms with Gasteiger partial charge in [-0.3, -0.25) is 29.5 Å². The van der Waals surface area contributed by atoms with Gasteiger partial charge in [-0.25, -0.2) is 4.79 Å². The number of imide groups is 1. The summed E-state index contributed by atoms with van der Waals surface area (Å²) in [7, 11) is 0. The van der Waals surface area contributed by atoms with Gasteiger partial charge in [0.15, 0.2) is 11.7 Å². The molecule has 0 saturated carbocycles. The van der Waals surface area contributed by atoms with Crippen LogP contribution in [0.2, 0.25) is 0 Å². The fourth-order valence-electron chi connectivity index (χ4n) is 2.57. The number of nitrogens with two attached hydrogens (primary N) is 4. The predicted molar refractivity (Wildman–Crippen MR) is 101 cm³/mol. The molecule has 2 amide bonds. The molecule has 0 aliphatic carbocycles. The molecule has 0 bridgehead atoms. The second-order valence-corrected chi connectivity index (χ2v) is 6.25. The second-order valence-electron chi connectivity index (χ2n) is 6.25. The number of nitrogens with one attached hydrogen (secondary N) is 2. The summed E-state index contributed by atoms with van der Waals surface area (Å²) in [5.74, 6) is -8.24. The maximum Gasteiger partial charge on any atom is 0.340 e. The van der Waals surface area contributed by atoms with Crippen LogP contribution in [-0.2, 0) is 24.0 Å². The highest BCUT2D eigenvalue weighted by atomic mass is 16.4. The summed E-state index contributed by atoms with van der Waals surface area (Å²) < 4.78 is 0. The van der Waals surface area contributed by atoms with Crippen LogP contribution in [0.5, 0.6) is 0 Å². The Hall–Kier alpha value is -3.14. The standard InChI is InChI=1S/C15H27N7O8/c16-5-9(24)22(12(28)8(18)4-10(25)26)15(6-23,13(29)30)11(27)7(17)2-1-3-21-14(19)20/h7-8,23H,1-6,16-18H2,(H,25,26)(H,29,30)(H4,19,20,21). The topological polar surface area (TPSA) is 289 Å². The van der Waals surface area contributed by atoms with Gasteiger partial charge in [0, 0.05) is 6.54 Å². The van der Waals surface area contributed by atoms with E-state index in [-0.39, 0.29) is 30.2 Å². The number of aliphatic hydroxyl groups excluding tert-OH is 1. The van der Waals surface area contributed by atoms with Gasteiger partial charge < -0.3 is 43.6 Å². The van der Waals surface area contributed by atoms with Crippen LogP contribution in [-0.4, -0.2) is 93.0 Å². The normalized spacial score (nSPS) is 14.7. The Morgan fingerprint density at radius 3 is 2.07 bits per heavy atom. The fourth-order valence-corrected chi connectivity index (χ4v) is 2.57. The minimum Gasteiger partial charge on any atom is -0.481 e. The Kier molecular flexibility index (Phi) is 10.5. The lowest BCUT2D eigenvalue weighted by Crippen LogP contribution is -2.71. The van der Waals surface area contributed by atoms with Gasteiger partial charge >= 0.3 is 11.9 Å². The molecule has 0 aromatic carbocycles. The maximum atomic E-state index is 12.9. The first-order valence-electron chi connectivity index (χ1n) is 8.63. The molecule has 0 aromatic rings. The number of carboxylic acid groups (broad SMARTS) is 2. The van der Waals surface area contributed by atoms with Crippen molar-refractivity contribution in [2.75, 3.05) is 19.7 Å². The van der Waals surface area contributed by atoms with E-state index in [0.717, 1.165) is 0 Å². The van der Waals surface area contributed by atoms with E-state index in [1.54, 1.807) is 0 Å². The number of carbonyl (C=O) groups excluding carboxylic acids is 3. The van der Waals surface area contributed by atoms with Crippen LogP contribution in [0.15, 0.2) is 0 Å². The Labute approximate surface area is 170 Å². The molecule has 3 atom stereocenters. The number of guanidine groups is 1. The van der Waals surface area contributed by atoms with E-state index in [0.29, 0.717) is 0 Å². The number of ketones is 1. The number of Topliss-reactive ketones (excluding diaryl/α,β-unsaturated/α-hetero) is 1. The highest BCUT2D eigenvalue weighted by Crippen LogP contribution is 2.22. The van der Waals surface area contributed by atoms with Gasteiger partial charge in [0.1, 0.15) is 0 Å². The van der Waals surface area contributed by atoms with E-state index in [1.807, 2.05) is 0 Å². The van der Waals surface area contributed by atoms with Crippen LogP contribution in [0, 0.1) is 5.41 Å². The molecule has 0 spiro atoms. The minimum atomic E-state index is -3.16. The highest BCUT2D eigenvalue weighted by Gasteiger charge is 2.57. The van der Waals surface area contributed by atoms with Crippen molar-refractivity contribution in [3.05, 3.63) is 0 Å². The van der Waals surface area contributed by atoms with Crippen LogP contribution in [0.25, 0.3) is 0 Å². The molecule has 30 heavy (non-hydrogen) atoms. The molecular weight excluding hydrogens is 406 g/mol. The third kappa shape index (κ3) is 6.45. The molecule has 0 radical (unpaired) electrons. The predicted octanol–water partition coefficient (Wildman–Crippen LogP) is -4.92.